The zero-order valence-electron chi connectivity index (χ0n) is 19.5. The van der Waals surface area contributed by atoms with Gasteiger partial charge in [-0.25, -0.2) is 0 Å². The van der Waals surface area contributed by atoms with Crippen LogP contribution in [0.5, 0.6) is 11.5 Å². The molecular weight excluding hydrogens is 472 g/mol. The summed E-state index contributed by atoms with van der Waals surface area (Å²) in [4.78, 5) is 26.5. The van der Waals surface area contributed by atoms with Gasteiger partial charge in [-0.3, -0.25) is 9.59 Å². The van der Waals surface area contributed by atoms with E-state index in [1.54, 1.807) is 37.4 Å². The summed E-state index contributed by atoms with van der Waals surface area (Å²) < 4.78 is 10.5. The minimum atomic E-state index is -0.310. The van der Waals surface area contributed by atoms with Gasteiger partial charge < -0.3 is 20.1 Å². The average Bonchev–Trinajstić information content (AvgIpc) is 2.85. The molecular formula is C26H27ClN2O4S. The van der Waals surface area contributed by atoms with Crippen molar-refractivity contribution in [2.75, 3.05) is 24.9 Å². The molecule has 0 saturated heterocycles. The van der Waals surface area contributed by atoms with Crippen LogP contribution in [0.2, 0.25) is 5.02 Å². The summed E-state index contributed by atoms with van der Waals surface area (Å²) >= 11 is 7.61. The summed E-state index contributed by atoms with van der Waals surface area (Å²) in [5.41, 5.74) is 2.61. The van der Waals surface area contributed by atoms with Gasteiger partial charge >= 0.3 is 0 Å². The van der Waals surface area contributed by atoms with Gasteiger partial charge in [-0.05, 0) is 67.4 Å². The SMILES string of the molecule is CCC(Sc1cccc(NC(=O)c2ccc(OC)c(OC)c2)c1)C(=O)Nc1cccc(Cl)c1C. The van der Waals surface area contributed by atoms with E-state index in [0.29, 0.717) is 39.9 Å². The Hall–Kier alpha value is -3.16. The molecule has 0 bridgehead atoms. The summed E-state index contributed by atoms with van der Waals surface area (Å²) in [7, 11) is 3.06. The predicted octanol–water partition coefficient (Wildman–Crippen LogP) is 6.43. The van der Waals surface area contributed by atoms with E-state index in [2.05, 4.69) is 10.6 Å². The Labute approximate surface area is 209 Å². The number of thioether (sulfide) groups is 1. The average molecular weight is 499 g/mol. The Morgan fingerprint density at radius 3 is 2.41 bits per heavy atom. The number of halogens is 1. The van der Waals surface area contributed by atoms with Crippen LogP contribution in [0.15, 0.2) is 65.6 Å². The first-order valence-corrected chi connectivity index (χ1v) is 12.0. The molecule has 2 N–H and O–H groups in total. The number of nitrogens with one attached hydrogen (secondary N) is 2. The number of rotatable bonds is 9. The van der Waals surface area contributed by atoms with Gasteiger partial charge in [0.2, 0.25) is 5.91 Å². The largest absolute Gasteiger partial charge is 0.493 e. The fraction of sp³-hybridized carbons (Fsp3) is 0.231. The quantitative estimate of drug-likeness (QED) is 0.332. The molecule has 0 aliphatic heterocycles. The van der Waals surface area contributed by atoms with Gasteiger partial charge in [0.25, 0.3) is 5.91 Å². The van der Waals surface area contributed by atoms with E-state index in [4.69, 9.17) is 21.1 Å². The van der Waals surface area contributed by atoms with E-state index in [9.17, 15) is 9.59 Å². The number of hydrogen-bond acceptors (Lipinski definition) is 5. The van der Waals surface area contributed by atoms with Crippen molar-refractivity contribution in [3.05, 3.63) is 76.8 Å². The summed E-state index contributed by atoms with van der Waals surface area (Å²) in [6.45, 7) is 3.83. The first-order chi connectivity index (χ1) is 16.4. The molecule has 0 saturated carbocycles. The molecule has 0 aromatic heterocycles. The third kappa shape index (κ3) is 6.24. The zero-order valence-corrected chi connectivity index (χ0v) is 21.0. The van der Waals surface area contributed by atoms with Crippen LogP contribution in [0.4, 0.5) is 11.4 Å². The molecule has 3 rings (SSSR count). The molecule has 3 aromatic carbocycles. The molecule has 0 aliphatic rings. The summed E-state index contributed by atoms with van der Waals surface area (Å²) in [6, 6.07) is 17.8. The van der Waals surface area contributed by atoms with E-state index < -0.39 is 0 Å². The molecule has 8 heteroatoms. The second kappa shape index (κ2) is 11.8. The van der Waals surface area contributed by atoms with Crippen LogP contribution in [0.3, 0.4) is 0 Å². The first-order valence-electron chi connectivity index (χ1n) is 10.7. The van der Waals surface area contributed by atoms with Gasteiger partial charge in [0, 0.05) is 26.9 Å². The molecule has 0 heterocycles. The molecule has 0 spiro atoms. The Kier molecular flexibility index (Phi) is 8.85. The number of carbonyl (C=O) groups is 2. The van der Waals surface area contributed by atoms with Crippen molar-refractivity contribution in [2.45, 2.75) is 30.4 Å². The summed E-state index contributed by atoms with van der Waals surface area (Å²) in [6.07, 6.45) is 0.637. The van der Waals surface area contributed by atoms with Gasteiger partial charge in [-0.15, -0.1) is 11.8 Å². The minimum absolute atomic E-state index is 0.0994. The molecule has 0 fully saturated rings. The van der Waals surface area contributed by atoms with Gasteiger partial charge in [0.1, 0.15) is 0 Å². The van der Waals surface area contributed by atoms with Crippen molar-refractivity contribution in [3.8, 4) is 11.5 Å². The van der Waals surface area contributed by atoms with Crippen LogP contribution in [0, 0.1) is 6.92 Å². The number of carbonyl (C=O) groups excluding carboxylic acids is 2. The molecule has 3 aromatic rings. The lowest BCUT2D eigenvalue weighted by molar-refractivity contribution is -0.115. The summed E-state index contributed by atoms with van der Waals surface area (Å²) in [5.74, 6) is 0.655. The molecule has 34 heavy (non-hydrogen) atoms. The number of methoxy groups -OCH3 is 2. The highest BCUT2D eigenvalue weighted by molar-refractivity contribution is 8.00. The standard InChI is InChI=1S/C26H27ClN2O4S/c1-5-24(26(31)29-21-11-7-10-20(27)16(21)2)34-19-9-6-8-18(15-19)28-25(30)17-12-13-22(32-3)23(14-17)33-4/h6-15,24H,5H2,1-4H3,(H,28,30)(H,29,31). The molecule has 6 nitrogen and oxygen atoms in total. The lowest BCUT2D eigenvalue weighted by Crippen LogP contribution is -2.25. The Balaban J connectivity index is 1.70. The van der Waals surface area contributed by atoms with Gasteiger partial charge in [-0.2, -0.15) is 0 Å². The van der Waals surface area contributed by atoms with E-state index >= 15 is 0 Å². The Bertz CT molecular complexity index is 1190. The van der Waals surface area contributed by atoms with E-state index in [1.807, 2.05) is 44.2 Å². The maximum Gasteiger partial charge on any atom is 0.255 e. The number of anilines is 2. The van der Waals surface area contributed by atoms with Gasteiger partial charge in [-0.1, -0.05) is 30.7 Å². The third-order valence-corrected chi connectivity index (χ3v) is 6.97. The highest BCUT2D eigenvalue weighted by Crippen LogP contribution is 2.31. The molecule has 0 aliphatic carbocycles. The van der Waals surface area contributed by atoms with Crippen LogP contribution < -0.4 is 20.1 Å². The van der Waals surface area contributed by atoms with Crippen molar-refractivity contribution in [3.63, 3.8) is 0 Å². The van der Waals surface area contributed by atoms with Crippen molar-refractivity contribution in [1.29, 1.82) is 0 Å². The fourth-order valence-corrected chi connectivity index (χ4v) is 4.46. The fourth-order valence-electron chi connectivity index (χ4n) is 3.27. The Morgan fingerprint density at radius 1 is 0.971 bits per heavy atom. The second-order valence-corrected chi connectivity index (χ2v) is 9.15. The van der Waals surface area contributed by atoms with Crippen LogP contribution >= 0.6 is 23.4 Å². The van der Waals surface area contributed by atoms with Gasteiger partial charge in [0.15, 0.2) is 11.5 Å². The van der Waals surface area contributed by atoms with Gasteiger partial charge in [0.05, 0.1) is 19.5 Å². The lowest BCUT2D eigenvalue weighted by atomic mass is 10.2. The maximum atomic E-state index is 12.9. The predicted molar refractivity (Wildman–Crippen MR) is 139 cm³/mol. The lowest BCUT2D eigenvalue weighted by Gasteiger charge is -2.17. The second-order valence-electron chi connectivity index (χ2n) is 7.47. The van der Waals surface area contributed by atoms with Crippen LogP contribution in [-0.2, 0) is 4.79 Å². The Morgan fingerprint density at radius 2 is 1.71 bits per heavy atom. The number of amides is 2. The van der Waals surface area contributed by atoms with Crippen molar-refractivity contribution in [2.24, 2.45) is 0 Å². The normalized spacial score (nSPS) is 11.4. The van der Waals surface area contributed by atoms with Crippen molar-refractivity contribution < 1.29 is 19.1 Å². The molecule has 1 unspecified atom stereocenters. The highest BCUT2D eigenvalue weighted by Gasteiger charge is 2.19. The topological polar surface area (TPSA) is 76.7 Å². The smallest absolute Gasteiger partial charge is 0.255 e. The number of hydrogen-bond donors (Lipinski definition) is 2. The highest BCUT2D eigenvalue weighted by atomic mass is 35.5. The van der Waals surface area contributed by atoms with Crippen LogP contribution in [0.1, 0.15) is 29.3 Å². The monoisotopic (exact) mass is 498 g/mol. The summed E-state index contributed by atoms with van der Waals surface area (Å²) in [5, 5.41) is 6.17. The third-order valence-electron chi connectivity index (χ3n) is 5.20. The minimum Gasteiger partial charge on any atom is -0.493 e. The maximum absolute atomic E-state index is 12.9. The first kappa shape index (κ1) is 25.5. The molecule has 2 amide bonds. The van der Waals surface area contributed by atoms with Crippen LogP contribution in [-0.4, -0.2) is 31.3 Å². The zero-order chi connectivity index (χ0) is 24.7. The van der Waals surface area contributed by atoms with Crippen LogP contribution in [0.25, 0.3) is 0 Å². The van der Waals surface area contributed by atoms with E-state index in [1.165, 1.54) is 18.9 Å². The number of ether oxygens (including phenoxy) is 2. The number of benzene rings is 3. The van der Waals surface area contributed by atoms with E-state index in [-0.39, 0.29) is 17.1 Å². The van der Waals surface area contributed by atoms with Crippen molar-refractivity contribution in [1.82, 2.24) is 0 Å². The molecule has 178 valence electrons. The van der Waals surface area contributed by atoms with E-state index in [0.717, 1.165) is 10.5 Å². The molecule has 0 radical (unpaired) electrons. The van der Waals surface area contributed by atoms with Crippen molar-refractivity contribution >= 4 is 46.6 Å². The molecule has 1 atom stereocenters.